The van der Waals surface area contributed by atoms with Crippen LogP contribution in [0.3, 0.4) is 0 Å². The van der Waals surface area contributed by atoms with Crippen LogP contribution in [-0.4, -0.2) is 16.7 Å². The molecular formula is C17H17ClN2O. The van der Waals surface area contributed by atoms with Crippen molar-refractivity contribution in [1.82, 2.24) is 9.55 Å². The molecule has 0 saturated carbocycles. The van der Waals surface area contributed by atoms with Crippen molar-refractivity contribution in [2.24, 2.45) is 0 Å². The number of hydrogen-bond donors (Lipinski definition) is 0. The number of fused-ring (bicyclic) bond motifs is 1. The van der Waals surface area contributed by atoms with Gasteiger partial charge < -0.3 is 9.30 Å². The number of aromatic nitrogens is 2. The molecule has 0 saturated heterocycles. The first-order valence-corrected chi connectivity index (χ1v) is 7.40. The van der Waals surface area contributed by atoms with Crippen molar-refractivity contribution in [2.75, 3.05) is 7.11 Å². The molecule has 1 aromatic heterocycles. The van der Waals surface area contributed by atoms with Crippen molar-refractivity contribution in [3.05, 3.63) is 59.4 Å². The molecular weight excluding hydrogens is 284 g/mol. The molecule has 0 bridgehead atoms. The Morgan fingerprint density at radius 1 is 1.19 bits per heavy atom. The molecule has 0 fully saturated rings. The van der Waals surface area contributed by atoms with Crippen molar-refractivity contribution in [1.29, 1.82) is 0 Å². The van der Waals surface area contributed by atoms with Gasteiger partial charge in [-0.1, -0.05) is 24.3 Å². The van der Waals surface area contributed by atoms with Crippen molar-refractivity contribution < 1.29 is 4.74 Å². The molecule has 0 atom stereocenters. The first-order chi connectivity index (χ1) is 10.2. The standard InChI is InChI=1S/C17H17ClN2O/c1-12-5-3-8-15-17(12)20(16(10-18)19-15)11-13-6-4-7-14(9-13)21-2/h3-9H,10-11H2,1-2H3. The fourth-order valence-electron chi connectivity index (χ4n) is 2.64. The predicted molar refractivity (Wildman–Crippen MR) is 86.1 cm³/mol. The summed E-state index contributed by atoms with van der Waals surface area (Å²) >= 11 is 6.07. The molecule has 0 aliphatic heterocycles. The number of para-hydroxylation sites is 1. The van der Waals surface area contributed by atoms with Crippen molar-refractivity contribution in [3.63, 3.8) is 0 Å². The maximum Gasteiger partial charge on any atom is 0.125 e. The Kier molecular flexibility index (Phi) is 3.84. The zero-order chi connectivity index (χ0) is 14.8. The molecule has 0 amide bonds. The fourth-order valence-corrected chi connectivity index (χ4v) is 2.84. The highest BCUT2D eigenvalue weighted by Gasteiger charge is 2.12. The second kappa shape index (κ2) is 5.78. The van der Waals surface area contributed by atoms with Gasteiger partial charge in [-0.05, 0) is 36.2 Å². The summed E-state index contributed by atoms with van der Waals surface area (Å²) in [7, 11) is 1.68. The lowest BCUT2D eigenvalue weighted by Crippen LogP contribution is -2.04. The van der Waals surface area contributed by atoms with E-state index in [0.29, 0.717) is 5.88 Å². The van der Waals surface area contributed by atoms with E-state index in [9.17, 15) is 0 Å². The van der Waals surface area contributed by atoms with E-state index < -0.39 is 0 Å². The molecule has 4 heteroatoms. The molecule has 0 aliphatic rings. The van der Waals surface area contributed by atoms with Gasteiger partial charge in [0.25, 0.3) is 0 Å². The minimum Gasteiger partial charge on any atom is -0.497 e. The van der Waals surface area contributed by atoms with Gasteiger partial charge in [0.1, 0.15) is 11.6 Å². The molecule has 0 radical (unpaired) electrons. The summed E-state index contributed by atoms with van der Waals surface area (Å²) in [6, 6.07) is 14.2. The minimum atomic E-state index is 0.401. The smallest absolute Gasteiger partial charge is 0.125 e. The highest BCUT2D eigenvalue weighted by molar-refractivity contribution is 6.16. The number of methoxy groups -OCH3 is 1. The maximum atomic E-state index is 6.07. The number of nitrogens with zero attached hydrogens (tertiary/aromatic N) is 2. The lowest BCUT2D eigenvalue weighted by atomic mass is 10.2. The van der Waals surface area contributed by atoms with Gasteiger partial charge >= 0.3 is 0 Å². The number of imidazole rings is 1. The maximum absolute atomic E-state index is 6.07. The predicted octanol–water partition coefficient (Wildman–Crippen LogP) is 4.14. The van der Waals surface area contributed by atoms with Gasteiger partial charge in [0, 0.05) is 6.54 Å². The van der Waals surface area contributed by atoms with Gasteiger partial charge in [-0.15, -0.1) is 11.6 Å². The Labute approximate surface area is 129 Å². The summed E-state index contributed by atoms with van der Waals surface area (Å²) in [4.78, 5) is 4.63. The summed E-state index contributed by atoms with van der Waals surface area (Å²) in [5, 5.41) is 0. The second-order valence-electron chi connectivity index (χ2n) is 5.04. The normalized spacial score (nSPS) is 11.0. The van der Waals surface area contributed by atoms with Gasteiger partial charge in [-0.25, -0.2) is 4.98 Å². The molecule has 0 spiro atoms. The Balaban J connectivity index is 2.10. The Morgan fingerprint density at radius 2 is 2.00 bits per heavy atom. The average Bonchev–Trinajstić information content (AvgIpc) is 2.86. The summed E-state index contributed by atoms with van der Waals surface area (Å²) in [5.41, 5.74) is 4.52. The van der Waals surface area contributed by atoms with E-state index in [1.54, 1.807) is 7.11 Å². The summed E-state index contributed by atoms with van der Waals surface area (Å²) in [6.45, 7) is 2.84. The van der Waals surface area contributed by atoms with Crippen molar-refractivity contribution >= 4 is 22.6 Å². The van der Waals surface area contributed by atoms with E-state index in [4.69, 9.17) is 16.3 Å². The number of alkyl halides is 1. The number of halogens is 1. The third-order valence-corrected chi connectivity index (χ3v) is 3.88. The van der Waals surface area contributed by atoms with E-state index in [0.717, 1.165) is 29.2 Å². The average molecular weight is 301 g/mol. The first kappa shape index (κ1) is 14.0. The highest BCUT2D eigenvalue weighted by Crippen LogP contribution is 2.23. The van der Waals surface area contributed by atoms with Crippen LogP contribution in [0.25, 0.3) is 11.0 Å². The molecule has 0 aliphatic carbocycles. The zero-order valence-electron chi connectivity index (χ0n) is 12.1. The van der Waals surface area contributed by atoms with E-state index in [-0.39, 0.29) is 0 Å². The lowest BCUT2D eigenvalue weighted by Gasteiger charge is -2.10. The second-order valence-corrected chi connectivity index (χ2v) is 5.31. The molecule has 0 unspecified atom stereocenters. The number of benzene rings is 2. The zero-order valence-corrected chi connectivity index (χ0v) is 12.9. The van der Waals surface area contributed by atoms with Crippen molar-refractivity contribution in [3.8, 4) is 5.75 Å². The van der Waals surface area contributed by atoms with E-state index >= 15 is 0 Å². The monoisotopic (exact) mass is 300 g/mol. The molecule has 1 heterocycles. The van der Waals surface area contributed by atoms with Gasteiger partial charge in [-0.3, -0.25) is 0 Å². The molecule has 3 aromatic rings. The molecule has 0 N–H and O–H groups in total. The molecule has 3 rings (SSSR count). The van der Waals surface area contributed by atoms with Gasteiger partial charge in [0.05, 0.1) is 24.0 Å². The first-order valence-electron chi connectivity index (χ1n) is 6.86. The van der Waals surface area contributed by atoms with Crippen LogP contribution < -0.4 is 4.74 Å². The van der Waals surface area contributed by atoms with Crippen LogP contribution in [0, 0.1) is 6.92 Å². The lowest BCUT2D eigenvalue weighted by molar-refractivity contribution is 0.414. The summed E-state index contributed by atoms with van der Waals surface area (Å²) < 4.78 is 7.48. The minimum absolute atomic E-state index is 0.401. The number of rotatable bonds is 4. The quantitative estimate of drug-likeness (QED) is 0.677. The topological polar surface area (TPSA) is 27.1 Å². The van der Waals surface area contributed by atoms with E-state index in [1.807, 2.05) is 30.3 Å². The SMILES string of the molecule is COc1cccc(Cn2c(CCl)nc3cccc(C)c32)c1. The van der Waals surface area contributed by atoms with Crippen LogP contribution in [0.5, 0.6) is 5.75 Å². The van der Waals surface area contributed by atoms with Crippen LogP contribution in [0.2, 0.25) is 0 Å². The largest absolute Gasteiger partial charge is 0.497 e. The third kappa shape index (κ3) is 2.61. The number of ether oxygens (including phenoxy) is 1. The van der Waals surface area contributed by atoms with Crippen LogP contribution >= 0.6 is 11.6 Å². The Hall–Kier alpha value is -2.00. The fraction of sp³-hybridized carbons (Fsp3) is 0.235. The number of aryl methyl sites for hydroxylation is 1. The Morgan fingerprint density at radius 3 is 2.76 bits per heavy atom. The molecule has 3 nitrogen and oxygen atoms in total. The van der Waals surface area contributed by atoms with Crippen LogP contribution in [0.15, 0.2) is 42.5 Å². The van der Waals surface area contributed by atoms with Crippen LogP contribution in [0.4, 0.5) is 0 Å². The molecule has 108 valence electrons. The highest BCUT2D eigenvalue weighted by atomic mass is 35.5. The number of hydrogen-bond acceptors (Lipinski definition) is 2. The van der Waals surface area contributed by atoms with Crippen molar-refractivity contribution in [2.45, 2.75) is 19.3 Å². The third-order valence-electron chi connectivity index (χ3n) is 3.64. The summed E-state index contributed by atoms with van der Waals surface area (Å²) in [5.74, 6) is 2.16. The van der Waals surface area contributed by atoms with E-state index in [2.05, 4.69) is 28.6 Å². The van der Waals surface area contributed by atoms with Crippen LogP contribution in [-0.2, 0) is 12.4 Å². The van der Waals surface area contributed by atoms with Gasteiger partial charge in [0.15, 0.2) is 0 Å². The summed E-state index contributed by atoms with van der Waals surface area (Å²) in [6.07, 6.45) is 0. The van der Waals surface area contributed by atoms with E-state index in [1.165, 1.54) is 11.1 Å². The van der Waals surface area contributed by atoms with Crippen LogP contribution in [0.1, 0.15) is 17.0 Å². The Bertz CT molecular complexity index is 780. The van der Waals surface area contributed by atoms with Gasteiger partial charge in [-0.2, -0.15) is 0 Å². The molecule has 21 heavy (non-hydrogen) atoms. The molecule has 2 aromatic carbocycles. The van der Waals surface area contributed by atoms with Gasteiger partial charge in [0.2, 0.25) is 0 Å².